The van der Waals surface area contributed by atoms with Gasteiger partial charge >= 0.3 is 0 Å². The number of nitrogens with one attached hydrogen (secondary N) is 2. The van der Waals surface area contributed by atoms with E-state index in [9.17, 15) is 9.59 Å². The maximum Gasteiger partial charge on any atom is 0.229 e. The van der Waals surface area contributed by atoms with Crippen molar-refractivity contribution in [3.63, 3.8) is 0 Å². The number of carbonyl (C=O) groups excluding carboxylic acids is 2. The van der Waals surface area contributed by atoms with Crippen LogP contribution < -0.4 is 15.0 Å². The first kappa shape index (κ1) is 20.5. The van der Waals surface area contributed by atoms with Crippen LogP contribution in [0, 0.1) is 5.92 Å². The molecule has 1 saturated heterocycles. The Balaban J connectivity index is 1.25. The van der Waals surface area contributed by atoms with Crippen molar-refractivity contribution in [3.05, 3.63) is 53.3 Å². The maximum absolute atomic E-state index is 12.8. The third kappa shape index (κ3) is 4.05. The molecule has 0 radical (unpaired) electrons. The zero-order valence-electron chi connectivity index (χ0n) is 17.5. The van der Waals surface area contributed by atoms with Gasteiger partial charge in [-0.2, -0.15) is 5.10 Å². The zero-order valence-corrected chi connectivity index (χ0v) is 18.2. The number of amides is 2. The summed E-state index contributed by atoms with van der Waals surface area (Å²) in [5, 5.41) is 10.7. The molecule has 1 unspecified atom stereocenters. The molecule has 2 aliphatic rings. The molecule has 32 heavy (non-hydrogen) atoms. The minimum Gasteiger partial charge on any atom is -0.495 e. The summed E-state index contributed by atoms with van der Waals surface area (Å²) in [7, 11) is 1.53. The van der Waals surface area contributed by atoms with Crippen LogP contribution in [0.2, 0.25) is 5.02 Å². The lowest BCUT2D eigenvalue weighted by molar-refractivity contribution is -0.122. The highest BCUT2D eigenvalue weighted by atomic mass is 35.5. The molecule has 1 atom stereocenters. The van der Waals surface area contributed by atoms with Gasteiger partial charge in [-0.3, -0.25) is 14.7 Å². The number of aromatic nitrogens is 3. The molecule has 1 aliphatic carbocycles. The Morgan fingerprint density at radius 3 is 2.72 bits per heavy atom. The average molecular weight is 452 g/mol. The number of ether oxygens (including phenoxy) is 1. The first-order valence-electron chi connectivity index (χ1n) is 10.5. The van der Waals surface area contributed by atoms with E-state index >= 15 is 0 Å². The fourth-order valence-electron chi connectivity index (χ4n) is 3.88. The zero-order chi connectivity index (χ0) is 22.2. The SMILES string of the molecule is COc1ccc(Cl)cc1N1CC(C(=O)Nc2ccc(-c3n[nH]c(C4CC4)n3)cc2)CC1=O. The van der Waals surface area contributed by atoms with Crippen LogP contribution in [0.4, 0.5) is 11.4 Å². The highest BCUT2D eigenvalue weighted by molar-refractivity contribution is 6.31. The molecular formula is C23H22ClN5O3. The van der Waals surface area contributed by atoms with Crippen molar-refractivity contribution in [3.8, 4) is 17.1 Å². The van der Waals surface area contributed by atoms with Gasteiger partial charge in [0.2, 0.25) is 11.8 Å². The summed E-state index contributed by atoms with van der Waals surface area (Å²) in [6, 6.07) is 12.5. The van der Waals surface area contributed by atoms with Gasteiger partial charge in [0.15, 0.2) is 5.82 Å². The van der Waals surface area contributed by atoms with Crippen molar-refractivity contribution in [1.82, 2.24) is 15.2 Å². The number of methoxy groups -OCH3 is 1. The molecule has 9 heteroatoms. The summed E-state index contributed by atoms with van der Waals surface area (Å²) in [4.78, 5) is 31.5. The van der Waals surface area contributed by atoms with Crippen molar-refractivity contribution in [1.29, 1.82) is 0 Å². The van der Waals surface area contributed by atoms with Gasteiger partial charge in [0, 0.05) is 35.2 Å². The van der Waals surface area contributed by atoms with Crippen LogP contribution >= 0.6 is 11.6 Å². The van der Waals surface area contributed by atoms with Crippen LogP contribution in [0.5, 0.6) is 5.75 Å². The Bertz CT molecular complexity index is 1170. The van der Waals surface area contributed by atoms with E-state index in [1.807, 2.05) is 24.3 Å². The number of halogens is 1. The van der Waals surface area contributed by atoms with Crippen molar-refractivity contribution >= 4 is 34.8 Å². The number of nitrogens with zero attached hydrogens (tertiary/aromatic N) is 3. The molecule has 0 bridgehead atoms. The molecule has 2 fully saturated rings. The van der Waals surface area contributed by atoms with E-state index < -0.39 is 5.92 Å². The molecule has 3 aromatic rings. The normalized spacial score (nSPS) is 18.1. The number of aromatic amines is 1. The van der Waals surface area contributed by atoms with Crippen molar-refractivity contribution in [2.75, 3.05) is 23.9 Å². The Labute approximate surface area is 189 Å². The minimum atomic E-state index is -0.472. The van der Waals surface area contributed by atoms with Gasteiger partial charge in [0.25, 0.3) is 0 Å². The van der Waals surface area contributed by atoms with Gasteiger partial charge in [-0.15, -0.1) is 0 Å². The number of rotatable bonds is 6. The summed E-state index contributed by atoms with van der Waals surface area (Å²) in [5.41, 5.74) is 2.10. The lowest BCUT2D eigenvalue weighted by Gasteiger charge is -2.20. The fourth-order valence-corrected chi connectivity index (χ4v) is 4.05. The van der Waals surface area contributed by atoms with E-state index in [1.54, 1.807) is 23.1 Å². The van der Waals surface area contributed by atoms with Gasteiger partial charge in [0.1, 0.15) is 11.6 Å². The lowest BCUT2D eigenvalue weighted by Crippen LogP contribution is -2.28. The third-order valence-corrected chi connectivity index (χ3v) is 6.04. The van der Waals surface area contributed by atoms with Crippen LogP contribution in [-0.4, -0.2) is 40.7 Å². The van der Waals surface area contributed by atoms with E-state index in [0.717, 1.165) is 24.2 Å². The van der Waals surface area contributed by atoms with Crippen LogP contribution in [0.3, 0.4) is 0 Å². The van der Waals surface area contributed by atoms with E-state index in [4.69, 9.17) is 16.3 Å². The maximum atomic E-state index is 12.8. The number of carbonyl (C=O) groups is 2. The predicted octanol–water partition coefficient (Wildman–Crippen LogP) is 4.00. The molecule has 164 valence electrons. The topological polar surface area (TPSA) is 100 Å². The molecule has 2 heterocycles. The molecule has 2 amide bonds. The van der Waals surface area contributed by atoms with Crippen molar-refractivity contribution < 1.29 is 14.3 Å². The highest BCUT2D eigenvalue weighted by Gasteiger charge is 2.36. The monoisotopic (exact) mass is 451 g/mol. The first-order valence-corrected chi connectivity index (χ1v) is 10.9. The van der Waals surface area contributed by atoms with E-state index in [1.165, 1.54) is 7.11 Å². The van der Waals surface area contributed by atoms with Gasteiger partial charge in [-0.05, 0) is 55.3 Å². The van der Waals surface area contributed by atoms with E-state index in [0.29, 0.717) is 33.9 Å². The largest absolute Gasteiger partial charge is 0.495 e. The second-order valence-corrected chi connectivity index (χ2v) is 8.54. The second kappa shape index (κ2) is 8.27. The molecular weight excluding hydrogens is 430 g/mol. The number of H-pyrrole nitrogens is 1. The number of benzene rings is 2. The first-order chi connectivity index (χ1) is 15.5. The second-order valence-electron chi connectivity index (χ2n) is 8.11. The molecule has 1 aromatic heterocycles. The van der Waals surface area contributed by atoms with Gasteiger partial charge in [0.05, 0.1) is 18.7 Å². The average Bonchev–Trinajstić information content (AvgIpc) is 3.39. The molecule has 1 saturated carbocycles. The van der Waals surface area contributed by atoms with E-state index in [2.05, 4.69) is 20.5 Å². The minimum absolute atomic E-state index is 0.126. The summed E-state index contributed by atoms with van der Waals surface area (Å²) in [6.45, 7) is 0.264. The van der Waals surface area contributed by atoms with Crippen molar-refractivity contribution in [2.45, 2.75) is 25.2 Å². The Kier molecular flexibility index (Phi) is 5.30. The summed E-state index contributed by atoms with van der Waals surface area (Å²) >= 11 is 6.10. The van der Waals surface area contributed by atoms with Crippen LogP contribution in [0.1, 0.15) is 31.0 Å². The molecule has 1 aliphatic heterocycles. The highest BCUT2D eigenvalue weighted by Crippen LogP contribution is 2.38. The van der Waals surface area contributed by atoms with Gasteiger partial charge < -0.3 is 15.0 Å². The molecule has 2 N–H and O–H groups in total. The van der Waals surface area contributed by atoms with Crippen LogP contribution in [0.15, 0.2) is 42.5 Å². The van der Waals surface area contributed by atoms with Crippen molar-refractivity contribution in [2.24, 2.45) is 5.92 Å². The quantitative estimate of drug-likeness (QED) is 0.590. The number of hydrogen-bond acceptors (Lipinski definition) is 5. The standard InChI is InChI=1S/C23H22ClN5O3/c1-32-19-9-6-16(24)11-18(19)29-12-15(10-20(29)30)23(31)25-17-7-4-14(5-8-17)22-26-21(27-28-22)13-2-3-13/h4-9,11,13,15H,2-3,10,12H2,1H3,(H,25,31)(H,26,27,28). The molecule has 2 aromatic carbocycles. The Morgan fingerprint density at radius 1 is 1.22 bits per heavy atom. The lowest BCUT2D eigenvalue weighted by atomic mass is 10.1. The third-order valence-electron chi connectivity index (χ3n) is 5.80. The molecule has 5 rings (SSSR count). The number of anilines is 2. The smallest absolute Gasteiger partial charge is 0.229 e. The van der Waals surface area contributed by atoms with Crippen LogP contribution in [-0.2, 0) is 9.59 Å². The summed E-state index contributed by atoms with van der Waals surface area (Å²) in [5.74, 6) is 1.81. The summed E-state index contributed by atoms with van der Waals surface area (Å²) in [6.07, 6.45) is 2.44. The fraction of sp³-hybridized carbons (Fsp3) is 0.304. The van der Waals surface area contributed by atoms with E-state index in [-0.39, 0.29) is 24.8 Å². The van der Waals surface area contributed by atoms with Gasteiger partial charge in [-0.25, -0.2) is 4.98 Å². The predicted molar refractivity (Wildman–Crippen MR) is 121 cm³/mol. The Hall–Kier alpha value is -3.39. The van der Waals surface area contributed by atoms with Gasteiger partial charge in [-0.1, -0.05) is 11.6 Å². The molecule has 0 spiro atoms. The molecule has 8 nitrogen and oxygen atoms in total. The van der Waals surface area contributed by atoms with Crippen LogP contribution in [0.25, 0.3) is 11.4 Å². The Morgan fingerprint density at radius 2 is 2.00 bits per heavy atom. The number of hydrogen-bond donors (Lipinski definition) is 2. The summed E-state index contributed by atoms with van der Waals surface area (Å²) < 4.78 is 5.35.